The van der Waals surface area contributed by atoms with Crippen LogP contribution >= 0.6 is 23.4 Å². The van der Waals surface area contributed by atoms with Gasteiger partial charge in [-0.2, -0.15) is 0 Å². The molecule has 1 fully saturated rings. The number of amides is 1. The minimum atomic E-state index is -0.506. The molecule has 3 aliphatic heterocycles. The molecule has 3 heterocycles. The first-order chi connectivity index (χ1) is 17.2. The molecule has 2 unspecified atom stereocenters. The molecule has 36 heavy (non-hydrogen) atoms. The Morgan fingerprint density at radius 2 is 1.97 bits per heavy atom. The fraction of sp³-hybridized carbons (Fsp3) is 0.500. The first-order valence-electron chi connectivity index (χ1n) is 12.3. The number of nitrogens with zero attached hydrogens (tertiary/aromatic N) is 4. The number of carbonyl (C=O) groups is 1. The Morgan fingerprint density at radius 1 is 1.22 bits per heavy atom. The SMILES string of the molecule is CC1=CC=C(C(=O)Nc2c(C)cccc2Cl)SC1(C)NC1CC(N2CCN(CCO)CC2)=NC(C)=N1. The van der Waals surface area contributed by atoms with Crippen LogP contribution in [0.5, 0.6) is 0 Å². The van der Waals surface area contributed by atoms with Gasteiger partial charge in [-0.15, -0.1) is 0 Å². The van der Waals surface area contributed by atoms with E-state index in [9.17, 15) is 9.90 Å². The van der Waals surface area contributed by atoms with Gasteiger partial charge in [0.25, 0.3) is 5.91 Å². The fourth-order valence-electron chi connectivity index (χ4n) is 4.60. The summed E-state index contributed by atoms with van der Waals surface area (Å²) < 4.78 is 0. The summed E-state index contributed by atoms with van der Waals surface area (Å²) in [5.41, 5.74) is 2.67. The molecule has 194 valence electrons. The summed E-state index contributed by atoms with van der Waals surface area (Å²) in [6.07, 6.45) is 4.39. The second-order valence-corrected chi connectivity index (χ2v) is 11.4. The van der Waals surface area contributed by atoms with Gasteiger partial charge in [-0.1, -0.05) is 41.6 Å². The van der Waals surface area contributed by atoms with Crippen molar-refractivity contribution in [2.45, 2.75) is 45.2 Å². The second-order valence-electron chi connectivity index (χ2n) is 9.52. The number of rotatable bonds is 6. The highest BCUT2D eigenvalue weighted by atomic mass is 35.5. The third-order valence-electron chi connectivity index (χ3n) is 6.84. The summed E-state index contributed by atoms with van der Waals surface area (Å²) in [5, 5.41) is 16.4. The maximum absolute atomic E-state index is 13.2. The van der Waals surface area contributed by atoms with Crippen LogP contribution in [0.25, 0.3) is 0 Å². The van der Waals surface area contributed by atoms with Crippen LogP contribution < -0.4 is 10.6 Å². The number of aryl methyl sites for hydroxylation is 1. The largest absolute Gasteiger partial charge is 0.395 e. The maximum Gasteiger partial charge on any atom is 0.262 e. The Morgan fingerprint density at radius 3 is 2.67 bits per heavy atom. The highest BCUT2D eigenvalue weighted by molar-refractivity contribution is 8.05. The van der Waals surface area contributed by atoms with Crippen LogP contribution in [-0.4, -0.2) is 82.9 Å². The van der Waals surface area contributed by atoms with E-state index in [1.165, 1.54) is 11.8 Å². The number of hydrogen-bond acceptors (Lipinski definition) is 8. The number of nitrogens with one attached hydrogen (secondary N) is 2. The molecule has 4 rings (SSSR count). The summed E-state index contributed by atoms with van der Waals surface area (Å²) in [6.45, 7) is 12.5. The fourth-order valence-corrected chi connectivity index (χ4v) is 6.01. The molecule has 3 aliphatic rings. The number of piperazine rings is 1. The van der Waals surface area contributed by atoms with E-state index in [4.69, 9.17) is 21.6 Å². The van der Waals surface area contributed by atoms with Gasteiger partial charge in [-0.25, -0.2) is 4.99 Å². The smallest absolute Gasteiger partial charge is 0.262 e. The van der Waals surface area contributed by atoms with E-state index >= 15 is 0 Å². The van der Waals surface area contributed by atoms with Crippen LogP contribution in [0.1, 0.15) is 32.8 Å². The van der Waals surface area contributed by atoms with E-state index in [0.717, 1.165) is 49.0 Å². The molecule has 0 bridgehead atoms. The molecular formula is C26H35ClN6O2S. The number of allylic oxidation sites excluding steroid dienone is 2. The van der Waals surface area contributed by atoms with Crippen molar-refractivity contribution in [3.8, 4) is 0 Å². The van der Waals surface area contributed by atoms with E-state index in [2.05, 4.69) is 34.3 Å². The van der Waals surface area contributed by atoms with Gasteiger partial charge in [-0.05, 0) is 51.0 Å². The molecule has 2 atom stereocenters. The predicted octanol–water partition coefficient (Wildman–Crippen LogP) is 3.63. The molecule has 1 aromatic carbocycles. The summed E-state index contributed by atoms with van der Waals surface area (Å²) >= 11 is 7.82. The van der Waals surface area contributed by atoms with Crippen molar-refractivity contribution in [1.82, 2.24) is 15.1 Å². The standard InChI is InChI=1S/C26H35ClN6O2S/c1-17-6-5-7-20(27)24(17)30-25(35)21-9-8-18(2)26(4,36-21)31-22-16-23(29-19(3)28-22)33-12-10-32(11-13-33)14-15-34/h5-9,22,31,34H,10-16H2,1-4H3,(H,30,35). The van der Waals surface area contributed by atoms with Crippen LogP contribution in [0.15, 0.2) is 50.8 Å². The number of aliphatic imine (C=N–C) groups is 2. The first kappa shape index (κ1) is 26.9. The zero-order chi connectivity index (χ0) is 25.9. The number of amidine groups is 2. The number of para-hydroxylation sites is 1. The van der Waals surface area contributed by atoms with Gasteiger partial charge in [-0.3, -0.25) is 20.0 Å². The van der Waals surface area contributed by atoms with Gasteiger partial charge < -0.3 is 15.3 Å². The quantitative estimate of drug-likeness (QED) is 0.520. The molecule has 0 saturated carbocycles. The summed E-state index contributed by atoms with van der Waals surface area (Å²) in [7, 11) is 0. The Hall–Kier alpha value is -2.17. The molecule has 1 saturated heterocycles. The molecule has 0 aliphatic carbocycles. The van der Waals surface area contributed by atoms with Gasteiger partial charge in [0.2, 0.25) is 0 Å². The molecule has 1 aromatic rings. The van der Waals surface area contributed by atoms with Crippen molar-refractivity contribution in [2.75, 3.05) is 44.6 Å². The van der Waals surface area contributed by atoms with Gasteiger partial charge in [0.05, 0.1) is 27.1 Å². The van der Waals surface area contributed by atoms with E-state index in [1.54, 1.807) is 6.07 Å². The van der Waals surface area contributed by atoms with Gasteiger partial charge in [0, 0.05) is 39.1 Å². The van der Waals surface area contributed by atoms with Crippen LogP contribution in [0, 0.1) is 6.92 Å². The predicted molar refractivity (Wildman–Crippen MR) is 150 cm³/mol. The summed E-state index contributed by atoms with van der Waals surface area (Å²) in [6, 6.07) is 5.57. The number of β-amino-alcohol motifs (C(OH)–C–C–N with tert-alkyl or cyclic N) is 1. The van der Waals surface area contributed by atoms with Crippen molar-refractivity contribution < 1.29 is 9.90 Å². The number of halogens is 1. The average molecular weight is 531 g/mol. The molecular weight excluding hydrogens is 496 g/mol. The maximum atomic E-state index is 13.2. The number of carbonyl (C=O) groups excluding carboxylic acids is 1. The Kier molecular flexibility index (Phi) is 8.57. The zero-order valence-electron chi connectivity index (χ0n) is 21.3. The van der Waals surface area contributed by atoms with Crippen LogP contribution in [-0.2, 0) is 4.79 Å². The molecule has 10 heteroatoms. The summed E-state index contributed by atoms with van der Waals surface area (Å²) in [4.78, 5) is 27.4. The minimum Gasteiger partial charge on any atom is -0.395 e. The molecule has 1 amide bonds. The number of hydrogen-bond donors (Lipinski definition) is 3. The molecule has 0 spiro atoms. The van der Waals surface area contributed by atoms with E-state index in [1.807, 2.05) is 38.1 Å². The van der Waals surface area contributed by atoms with Crippen LogP contribution in [0.4, 0.5) is 5.69 Å². The van der Waals surface area contributed by atoms with E-state index in [0.29, 0.717) is 28.6 Å². The van der Waals surface area contributed by atoms with Crippen molar-refractivity contribution >= 4 is 46.6 Å². The Bertz CT molecular complexity index is 1110. The van der Waals surface area contributed by atoms with Crippen molar-refractivity contribution in [3.63, 3.8) is 0 Å². The monoisotopic (exact) mass is 530 g/mol. The lowest BCUT2D eigenvalue weighted by Gasteiger charge is -2.40. The number of benzene rings is 1. The molecule has 3 N–H and O–H groups in total. The number of anilines is 1. The summed E-state index contributed by atoms with van der Waals surface area (Å²) in [5.74, 6) is 1.61. The van der Waals surface area contributed by atoms with Gasteiger partial charge in [0.1, 0.15) is 17.8 Å². The van der Waals surface area contributed by atoms with E-state index < -0.39 is 4.87 Å². The zero-order valence-corrected chi connectivity index (χ0v) is 22.9. The third-order valence-corrected chi connectivity index (χ3v) is 8.55. The molecule has 0 radical (unpaired) electrons. The minimum absolute atomic E-state index is 0.151. The first-order valence-corrected chi connectivity index (χ1v) is 13.5. The number of aliphatic hydroxyl groups excluding tert-OH is 1. The van der Waals surface area contributed by atoms with Gasteiger partial charge >= 0.3 is 0 Å². The average Bonchev–Trinajstić information content (AvgIpc) is 2.83. The highest BCUT2D eigenvalue weighted by Crippen LogP contribution is 2.41. The van der Waals surface area contributed by atoms with Gasteiger partial charge in [0.15, 0.2) is 0 Å². The number of aliphatic hydroxyl groups is 1. The highest BCUT2D eigenvalue weighted by Gasteiger charge is 2.36. The van der Waals surface area contributed by atoms with E-state index in [-0.39, 0.29) is 18.7 Å². The molecule has 8 nitrogen and oxygen atoms in total. The topological polar surface area (TPSA) is 92.6 Å². The lowest BCUT2D eigenvalue weighted by Crippen LogP contribution is -2.53. The third kappa shape index (κ3) is 6.20. The van der Waals surface area contributed by atoms with Crippen LogP contribution in [0.2, 0.25) is 5.02 Å². The molecule has 0 aromatic heterocycles. The Labute approximate surface area is 222 Å². The van der Waals surface area contributed by atoms with Crippen molar-refractivity contribution in [2.24, 2.45) is 9.98 Å². The lowest BCUT2D eigenvalue weighted by molar-refractivity contribution is -0.112. The van der Waals surface area contributed by atoms with Crippen LogP contribution in [0.3, 0.4) is 0 Å². The lowest BCUT2D eigenvalue weighted by atomic mass is 10.1. The van der Waals surface area contributed by atoms with Crippen molar-refractivity contribution in [1.29, 1.82) is 0 Å². The number of thioether (sulfide) groups is 1. The normalized spacial score (nSPS) is 25.1. The second kappa shape index (κ2) is 11.5. The Balaban J connectivity index is 1.42. The van der Waals surface area contributed by atoms with Crippen molar-refractivity contribution in [3.05, 3.63) is 51.4 Å².